The molecule has 36 heteroatoms. The number of anilines is 4. The van der Waals surface area contributed by atoms with E-state index in [1.54, 1.807) is 86.8 Å². The molecule has 12 rings (SSSR count). The van der Waals surface area contributed by atoms with Gasteiger partial charge < -0.3 is 57.5 Å². The minimum Gasteiger partial charge on any atom is -0.477 e. The van der Waals surface area contributed by atoms with Crippen molar-refractivity contribution in [2.75, 3.05) is 126 Å². The number of nitrogens with zero attached hydrogens (tertiary/aromatic N) is 4. The Labute approximate surface area is 826 Å². The number of carboxylic acid groups (broad SMARTS) is 4. The fraction of sp³-hybridized carbons (Fsp3) is 0.531. The zero-order valence-corrected chi connectivity index (χ0v) is 89.4. The Balaban J connectivity index is 0.000000201. The standard InChI is InChI=1S/C25H31ClNO5PS.C25H38NO5PS.C24H28Cl2NO5PS.C24H29ClNO5PS/c1-17-14-19(26)6-7-22(17)33(30,31-5)27(16-18-9-12-32-13-10-18)21-15-20(8-11-25(2,3)4)34-23(21)24(28)29;1-18-6-8-20(9-7-18)32(29,30-5)26(17-19-11-14-31-15-12-19)22-16-21(10-13-25(2,3)4)33-23(22)24(27)28;1-24(2,3)10-7-18-14-20(22(34-18)23(28)29)27(15-16-8-11-32-12-9-16)33(30,31-4)21-6-5-17(25)13-19(21)26;1-24(2,3)12-9-20-15-21(22(33-20)23(27)28)26(16-17-10-13-31-14-11-17)32(29,30-4)19-7-5-18(25)6-8-19/h6-7,14-15,18H,9-10,12-13,16H2,1-5H3,(H,28,29);16,18-20H,6-9,11-12,14-15,17H2,1-5H3,(H,27,28);5-6,13-14,16H,8-9,11-12,15H2,1-4H3,(H,28,29);5-8,15,17H,10-11,13-14,16H2,1-4H3,(H,27,28). The summed E-state index contributed by atoms with van der Waals surface area (Å²) in [5, 5.41) is 42.9. The minimum atomic E-state index is -3.82. The highest BCUT2D eigenvalue weighted by Gasteiger charge is 2.47. The maximum atomic E-state index is 14.6. The van der Waals surface area contributed by atoms with Crippen LogP contribution in [0.4, 0.5) is 22.7 Å². The largest absolute Gasteiger partial charge is 0.477 e. The summed E-state index contributed by atoms with van der Waals surface area (Å²) in [7, 11) is -8.82. The van der Waals surface area contributed by atoms with Crippen molar-refractivity contribution in [3.05, 3.63) is 150 Å². The predicted molar refractivity (Wildman–Crippen MR) is 547 cm³/mol. The second-order valence-corrected chi connectivity index (χ2v) is 53.6. The molecule has 4 N–H and O–H groups in total. The summed E-state index contributed by atoms with van der Waals surface area (Å²) in [5.41, 5.74) is 1.21. The summed E-state index contributed by atoms with van der Waals surface area (Å²) in [6, 6.07) is 23.3. The number of hydrogen-bond donors (Lipinski definition) is 4. The first-order chi connectivity index (χ1) is 62.9. The number of carbonyl (C=O) groups is 4. The molecule has 134 heavy (non-hydrogen) atoms. The Kier molecular flexibility index (Phi) is 40.7. The van der Waals surface area contributed by atoms with Gasteiger partial charge in [-0.2, -0.15) is 0 Å². The van der Waals surface area contributed by atoms with Gasteiger partial charge >= 0.3 is 46.4 Å². The molecule has 1 aliphatic carbocycles. The van der Waals surface area contributed by atoms with E-state index in [9.17, 15) is 57.9 Å². The first-order valence-electron chi connectivity index (χ1n) is 44.6. The van der Waals surface area contributed by atoms with Crippen molar-refractivity contribution in [2.24, 2.45) is 51.2 Å². The summed E-state index contributed by atoms with van der Waals surface area (Å²) in [6.45, 7) is 34.6. The minimum absolute atomic E-state index is 0.0487. The molecule has 4 saturated heterocycles. The predicted octanol–water partition coefficient (Wildman–Crippen LogP) is 25.1. The van der Waals surface area contributed by atoms with E-state index >= 15 is 0 Å². The van der Waals surface area contributed by atoms with Gasteiger partial charge in [0.1, 0.15) is 19.5 Å². The van der Waals surface area contributed by atoms with Gasteiger partial charge in [0.15, 0.2) is 0 Å². The molecule has 24 nitrogen and oxygen atoms in total. The molecule has 4 aromatic heterocycles. The summed E-state index contributed by atoms with van der Waals surface area (Å²) >= 11 is 29.1. The lowest BCUT2D eigenvalue weighted by molar-refractivity contribution is 0.0682. The Bertz CT molecular complexity index is 5530. The molecule has 0 amide bonds. The highest BCUT2D eigenvalue weighted by Crippen LogP contribution is 2.63. The molecule has 0 spiro atoms. The molecule has 4 aliphatic heterocycles. The van der Waals surface area contributed by atoms with E-state index < -0.39 is 54.0 Å². The molecule has 0 bridgehead atoms. The first-order valence-corrected chi connectivity index (χ1v) is 55.8. The zero-order valence-electron chi connectivity index (χ0n) is 79.6. The van der Waals surface area contributed by atoms with Gasteiger partial charge in [-0.3, -0.25) is 36.9 Å². The Morgan fingerprint density at radius 1 is 0.381 bits per heavy atom. The smallest absolute Gasteiger partial charge is 0.348 e. The van der Waals surface area contributed by atoms with Crippen LogP contribution in [0.1, 0.15) is 231 Å². The van der Waals surface area contributed by atoms with Crippen molar-refractivity contribution < 1.29 is 94.9 Å². The van der Waals surface area contributed by atoms with Crippen LogP contribution in [0.3, 0.4) is 0 Å². The van der Waals surface area contributed by atoms with Crippen LogP contribution < -0.4 is 34.6 Å². The lowest BCUT2D eigenvalue weighted by Gasteiger charge is -2.41. The molecule has 1 saturated carbocycles. The molecule has 5 fully saturated rings. The van der Waals surface area contributed by atoms with E-state index in [0.717, 1.165) is 128 Å². The van der Waals surface area contributed by atoms with Crippen LogP contribution in [-0.4, -0.2) is 157 Å². The van der Waals surface area contributed by atoms with Crippen LogP contribution in [0.15, 0.2) is 84.9 Å². The van der Waals surface area contributed by atoms with Gasteiger partial charge in [-0.1, -0.05) is 101 Å². The molecule has 8 heterocycles. The molecular weight excluding hydrogens is 1950 g/mol. The lowest BCUT2D eigenvalue weighted by atomic mass is 9.91. The number of aromatic carboxylic acids is 4. The summed E-state index contributed by atoms with van der Waals surface area (Å²) < 4.78 is 110. The quantitative estimate of drug-likeness (QED) is 0.0262. The molecular formula is C98H126Cl4N4O20P4S4. The van der Waals surface area contributed by atoms with Gasteiger partial charge in [-0.05, 0) is 287 Å². The van der Waals surface area contributed by atoms with Gasteiger partial charge in [0, 0.05) is 144 Å². The molecule has 4 atom stereocenters. The third-order valence-corrected chi connectivity index (χ3v) is 38.5. The number of benzene rings is 3. The average Bonchev–Trinajstić information content (AvgIpc) is 1.58. The summed E-state index contributed by atoms with van der Waals surface area (Å²) in [6.07, 6.45) is 10.1. The van der Waals surface area contributed by atoms with Crippen molar-refractivity contribution in [3.63, 3.8) is 0 Å². The van der Waals surface area contributed by atoms with Crippen molar-refractivity contribution >= 4 is 184 Å². The maximum Gasteiger partial charge on any atom is 0.348 e. The van der Waals surface area contributed by atoms with Crippen molar-refractivity contribution in [3.8, 4) is 47.4 Å². The second kappa shape index (κ2) is 49.1. The maximum absolute atomic E-state index is 14.6. The Morgan fingerprint density at radius 2 is 0.657 bits per heavy atom. The van der Waals surface area contributed by atoms with Crippen LogP contribution in [-0.2, 0) is 55.3 Å². The van der Waals surface area contributed by atoms with Gasteiger partial charge in [0.25, 0.3) is 7.52 Å². The average molecular weight is 2070 g/mol. The Morgan fingerprint density at radius 3 is 0.940 bits per heavy atom. The van der Waals surface area contributed by atoms with Crippen molar-refractivity contribution in [1.29, 1.82) is 0 Å². The SMILES string of the molecule is COP(=O)(C1CCC(C)CC1)N(CC1CCOCC1)c1cc(C#CC(C)(C)C)sc1C(=O)O.COP(=O)(c1ccc(Cl)cc1)N(CC1CCOCC1)c1cc(C#CC(C)(C)C)sc1C(=O)O.COP(=O)(c1ccc(Cl)cc1C)N(CC1CCOCC1)c1cc(C#CC(C)(C)C)sc1C(=O)O.COP(=O)(c1ccc(Cl)cc1Cl)N(CC1CCOCC1)c1cc(C#CC(C)(C)C)sc1C(=O)O. The van der Waals surface area contributed by atoms with E-state index in [2.05, 4.69) is 54.3 Å². The van der Waals surface area contributed by atoms with E-state index in [1.165, 1.54) is 34.5 Å². The van der Waals surface area contributed by atoms with Gasteiger partial charge in [-0.15, -0.1) is 45.3 Å². The van der Waals surface area contributed by atoms with Gasteiger partial charge in [0.2, 0.25) is 0 Å². The van der Waals surface area contributed by atoms with Gasteiger partial charge in [0.05, 0.1) is 68.9 Å². The topological polar surface area (TPSA) is 304 Å². The lowest BCUT2D eigenvalue weighted by Crippen LogP contribution is -2.35. The first kappa shape index (κ1) is 111. The van der Waals surface area contributed by atoms with Crippen LogP contribution in [0.2, 0.25) is 20.1 Å². The van der Waals surface area contributed by atoms with Crippen LogP contribution in [0.25, 0.3) is 0 Å². The number of ether oxygens (including phenoxy) is 4. The van der Waals surface area contributed by atoms with E-state index in [0.29, 0.717) is 153 Å². The Hall–Kier alpha value is -6.46. The summed E-state index contributed by atoms with van der Waals surface area (Å²) in [5.74, 6) is 22.1. The highest BCUT2D eigenvalue weighted by atomic mass is 35.5. The third kappa shape index (κ3) is 30.8. The van der Waals surface area contributed by atoms with E-state index in [1.807, 2.05) is 101 Å². The third-order valence-electron chi connectivity index (χ3n) is 22.6. The van der Waals surface area contributed by atoms with E-state index in [4.69, 9.17) is 83.4 Å². The molecule has 730 valence electrons. The molecule has 0 radical (unpaired) electrons. The second-order valence-electron chi connectivity index (χ2n) is 37.8. The van der Waals surface area contributed by atoms with Crippen molar-refractivity contribution in [1.82, 2.24) is 0 Å². The number of rotatable bonds is 28. The monoisotopic (exact) mass is 2070 g/mol. The normalized spacial score (nSPS) is 18.3. The van der Waals surface area contributed by atoms with Crippen LogP contribution in [0.5, 0.6) is 0 Å². The fourth-order valence-corrected chi connectivity index (χ4v) is 29.6. The van der Waals surface area contributed by atoms with Crippen LogP contribution in [0, 0.1) is 106 Å². The highest BCUT2D eigenvalue weighted by molar-refractivity contribution is 7.69. The summed E-state index contributed by atoms with van der Waals surface area (Å²) in [4.78, 5) is 51.8. The van der Waals surface area contributed by atoms with Gasteiger partial charge in [-0.25, -0.2) is 19.2 Å². The molecule has 5 aliphatic rings. The molecule has 7 aromatic rings. The zero-order chi connectivity index (χ0) is 98.6. The molecule has 4 unspecified atom stereocenters. The van der Waals surface area contributed by atoms with Crippen LogP contribution >= 0.6 is 122 Å². The number of aryl methyl sites for hydroxylation is 1. The number of halogens is 4. The number of carboxylic acids is 4. The number of thiophene rings is 4. The van der Waals surface area contributed by atoms with E-state index in [-0.39, 0.29) is 80.8 Å². The molecule has 3 aromatic carbocycles. The number of hydrogen-bond acceptors (Lipinski definition) is 20. The van der Waals surface area contributed by atoms with Crippen molar-refractivity contribution in [2.45, 2.75) is 180 Å². The fourth-order valence-electron chi connectivity index (χ4n) is 15.5.